The van der Waals surface area contributed by atoms with E-state index in [1.165, 1.54) is 38.5 Å². The van der Waals surface area contributed by atoms with Gasteiger partial charge in [0.1, 0.15) is 0 Å². The second-order valence-corrected chi connectivity index (χ2v) is 7.70. The lowest BCUT2D eigenvalue weighted by Gasteiger charge is -2.48. The highest BCUT2D eigenvalue weighted by atomic mass is 16.5. The molecule has 1 spiro atoms. The third-order valence-electron chi connectivity index (χ3n) is 4.82. The van der Waals surface area contributed by atoms with Gasteiger partial charge in [0, 0.05) is 12.6 Å². The van der Waals surface area contributed by atoms with Crippen LogP contribution in [0.3, 0.4) is 0 Å². The van der Waals surface area contributed by atoms with Crippen LogP contribution in [0.15, 0.2) is 0 Å². The van der Waals surface area contributed by atoms with Crippen molar-refractivity contribution in [3.63, 3.8) is 0 Å². The lowest BCUT2D eigenvalue weighted by molar-refractivity contribution is -0.125. The van der Waals surface area contributed by atoms with Gasteiger partial charge in [0.25, 0.3) is 0 Å². The van der Waals surface area contributed by atoms with Crippen LogP contribution in [0.4, 0.5) is 0 Å². The topological polar surface area (TPSA) is 21.3 Å². The lowest BCUT2D eigenvalue weighted by atomic mass is 9.72. The van der Waals surface area contributed by atoms with Crippen LogP contribution >= 0.6 is 0 Å². The molecular weight excluding hydrogens is 222 g/mol. The molecule has 0 aromatic carbocycles. The molecule has 2 fully saturated rings. The SMILES string of the molecule is CC1CCC2(CC1)OCCNC2CCC(C)(C)C. The van der Waals surface area contributed by atoms with Crippen molar-refractivity contribution in [2.45, 2.75) is 77.9 Å². The fourth-order valence-corrected chi connectivity index (χ4v) is 3.46. The molecule has 1 atom stereocenters. The molecule has 2 aliphatic rings. The Labute approximate surface area is 113 Å². The summed E-state index contributed by atoms with van der Waals surface area (Å²) < 4.78 is 6.27. The van der Waals surface area contributed by atoms with Gasteiger partial charge in [-0.15, -0.1) is 0 Å². The molecule has 0 aromatic rings. The predicted molar refractivity (Wildman–Crippen MR) is 76.8 cm³/mol. The zero-order valence-corrected chi connectivity index (χ0v) is 12.7. The molecule has 2 nitrogen and oxygen atoms in total. The van der Waals surface area contributed by atoms with Crippen molar-refractivity contribution in [3.8, 4) is 0 Å². The number of rotatable bonds is 2. The summed E-state index contributed by atoms with van der Waals surface area (Å²) in [6.45, 7) is 11.3. The first-order valence-corrected chi connectivity index (χ1v) is 7.79. The first-order valence-electron chi connectivity index (χ1n) is 7.79. The Balaban J connectivity index is 1.97. The van der Waals surface area contributed by atoms with Crippen molar-refractivity contribution in [2.24, 2.45) is 11.3 Å². The van der Waals surface area contributed by atoms with E-state index in [2.05, 4.69) is 33.0 Å². The molecule has 2 heteroatoms. The van der Waals surface area contributed by atoms with Gasteiger partial charge in [0.2, 0.25) is 0 Å². The Morgan fingerprint density at radius 3 is 2.50 bits per heavy atom. The van der Waals surface area contributed by atoms with Crippen molar-refractivity contribution in [3.05, 3.63) is 0 Å². The fourth-order valence-electron chi connectivity index (χ4n) is 3.46. The maximum atomic E-state index is 6.27. The second kappa shape index (κ2) is 5.50. The molecule has 106 valence electrons. The third kappa shape index (κ3) is 3.48. The average molecular weight is 253 g/mol. The Bertz CT molecular complexity index is 261. The molecule has 2 rings (SSSR count). The molecule has 1 saturated carbocycles. The van der Waals surface area contributed by atoms with Gasteiger partial charge in [0.05, 0.1) is 12.2 Å². The van der Waals surface area contributed by atoms with Gasteiger partial charge in [-0.1, -0.05) is 27.7 Å². The smallest absolute Gasteiger partial charge is 0.0835 e. The predicted octanol–water partition coefficient (Wildman–Crippen LogP) is 3.75. The van der Waals surface area contributed by atoms with Crippen LogP contribution in [0.2, 0.25) is 0 Å². The van der Waals surface area contributed by atoms with Gasteiger partial charge in [-0.2, -0.15) is 0 Å². The van der Waals surface area contributed by atoms with Crippen LogP contribution < -0.4 is 5.32 Å². The average Bonchev–Trinajstić information content (AvgIpc) is 2.31. The number of morpholine rings is 1. The number of hydrogen-bond donors (Lipinski definition) is 1. The Kier molecular flexibility index (Phi) is 4.38. The largest absolute Gasteiger partial charge is 0.372 e. The highest BCUT2D eigenvalue weighted by Crippen LogP contribution is 2.40. The maximum Gasteiger partial charge on any atom is 0.0835 e. The minimum Gasteiger partial charge on any atom is -0.372 e. The second-order valence-electron chi connectivity index (χ2n) is 7.70. The number of hydrogen-bond acceptors (Lipinski definition) is 2. The van der Waals surface area contributed by atoms with E-state index >= 15 is 0 Å². The van der Waals surface area contributed by atoms with Crippen LogP contribution in [0.1, 0.15) is 66.2 Å². The monoisotopic (exact) mass is 253 g/mol. The van der Waals surface area contributed by atoms with E-state index < -0.39 is 0 Å². The standard InChI is InChI=1S/C16H31NO/c1-13-5-9-16(10-6-13)14(17-11-12-18-16)7-8-15(2,3)4/h13-14,17H,5-12H2,1-4H3. The van der Waals surface area contributed by atoms with Crippen molar-refractivity contribution < 1.29 is 4.74 Å². The van der Waals surface area contributed by atoms with Crippen LogP contribution in [0.5, 0.6) is 0 Å². The number of nitrogens with one attached hydrogen (secondary N) is 1. The quantitative estimate of drug-likeness (QED) is 0.809. The van der Waals surface area contributed by atoms with E-state index in [0.29, 0.717) is 11.5 Å². The molecule has 1 heterocycles. The van der Waals surface area contributed by atoms with Crippen molar-refractivity contribution in [1.29, 1.82) is 0 Å². The molecule has 0 radical (unpaired) electrons. The summed E-state index contributed by atoms with van der Waals surface area (Å²) in [6.07, 6.45) is 7.75. The molecule has 18 heavy (non-hydrogen) atoms. The zero-order valence-electron chi connectivity index (χ0n) is 12.7. The molecular formula is C16H31NO. The van der Waals surface area contributed by atoms with Gasteiger partial charge in [-0.3, -0.25) is 0 Å². The van der Waals surface area contributed by atoms with Crippen LogP contribution in [-0.4, -0.2) is 24.8 Å². The minimum atomic E-state index is 0.163. The van der Waals surface area contributed by atoms with Crippen molar-refractivity contribution in [1.82, 2.24) is 5.32 Å². The molecule has 1 saturated heterocycles. The van der Waals surface area contributed by atoms with Crippen molar-refractivity contribution in [2.75, 3.05) is 13.2 Å². The number of ether oxygens (including phenoxy) is 1. The molecule has 0 amide bonds. The Hall–Kier alpha value is -0.0800. The molecule has 1 aliphatic heterocycles. The summed E-state index contributed by atoms with van der Waals surface area (Å²) in [5, 5.41) is 3.74. The molecule has 1 aliphatic carbocycles. The molecule has 0 aromatic heterocycles. The fraction of sp³-hybridized carbons (Fsp3) is 1.00. The first kappa shape index (κ1) is 14.3. The van der Waals surface area contributed by atoms with E-state index in [1.54, 1.807) is 0 Å². The van der Waals surface area contributed by atoms with Gasteiger partial charge in [0.15, 0.2) is 0 Å². The summed E-state index contributed by atoms with van der Waals surface area (Å²) in [6, 6.07) is 0.581. The molecule has 1 unspecified atom stereocenters. The summed E-state index contributed by atoms with van der Waals surface area (Å²) in [4.78, 5) is 0. The molecule has 1 N–H and O–H groups in total. The highest BCUT2D eigenvalue weighted by molar-refractivity contribution is 4.99. The van der Waals surface area contributed by atoms with E-state index in [4.69, 9.17) is 4.74 Å². The Morgan fingerprint density at radius 1 is 1.22 bits per heavy atom. The van der Waals surface area contributed by atoms with E-state index in [-0.39, 0.29) is 5.60 Å². The lowest BCUT2D eigenvalue weighted by Crippen LogP contribution is -2.59. The third-order valence-corrected chi connectivity index (χ3v) is 4.82. The summed E-state index contributed by atoms with van der Waals surface area (Å²) >= 11 is 0. The normalized spacial score (nSPS) is 38.0. The van der Waals surface area contributed by atoms with E-state index in [1.807, 2.05) is 0 Å². The van der Waals surface area contributed by atoms with Gasteiger partial charge < -0.3 is 10.1 Å². The summed E-state index contributed by atoms with van der Waals surface area (Å²) in [5.41, 5.74) is 0.596. The Morgan fingerprint density at radius 2 is 1.89 bits per heavy atom. The van der Waals surface area contributed by atoms with Crippen molar-refractivity contribution >= 4 is 0 Å². The van der Waals surface area contributed by atoms with Gasteiger partial charge >= 0.3 is 0 Å². The minimum absolute atomic E-state index is 0.163. The van der Waals surface area contributed by atoms with Crippen LogP contribution in [0.25, 0.3) is 0 Å². The van der Waals surface area contributed by atoms with Gasteiger partial charge in [-0.25, -0.2) is 0 Å². The van der Waals surface area contributed by atoms with E-state index in [9.17, 15) is 0 Å². The summed E-state index contributed by atoms with van der Waals surface area (Å²) in [5.74, 6) is 0.893. The molecule has 0 bridgehead atoms. The van der Waals surface area contributed by atoms with Gasteiger partial charge in [-0.05, 0) is 49.9 Å². The first-order chi connectivity index (χ1) is 8.41. The van der Waals surface area contributed by atoms with Crippen LogP contribution in [-0.2, 0) is 4.74 Å². The summed E-state index contributed by atoms with van der Waals surface area (Å²) in [7, 11) is 0. The zero-order chi connectivity index (χ0) is 13.2. The van der Waals surface area contributed by atoms with E-state index in [0.717, 1.165) is 19.1 Å². The van der Waals surface area contributed by atoms with Crippen LogP contribution in [0, 0.1) is 11.3 Å². The highest BCUT2D eigenvalue weighted by Gasteiger charge is 2.43. The maximum absolute atomic E-state index is 6.27.